The Morgan fingerprint density at radius 2 is 2.00 bits per heavy atom. The third-order valence-corrected chi connectivity index (χ3v) is 2.08. The summed E-state index contributed by atoms with van der Waals surface area (Å²) in [7, 11) is 0. The van der Waals surface area contributed by atoms with E-state index in [9.17, 15) is 13.6 Å². The Bertz CT molecular complexity index is 388. The van der Waals surface area contributed by atoms with Crippen LogP contribution in [-0.2, 0) is 0 Å². The molecule has 0 aliphatic heterocycles. The SMILES string of the molecule is Cc1cc(C(=O)O)cc(OC(F)F)c1C. The minimum absolute atomic E-state index is 0.0613. The van der Waals surface area contributed by atoms with Crippen LogP contribution in [0.15, 0.2) is 12.1 Å². The third kappa shape index (κ3) is 2.65. The molecule has 0 fully saturated rings. The van der Waals surface area contributed by atoms with Gasteiger partial charge in [-0.3, -0.25) is 0 Å². The summed E-state index contributed by atoms with van der Waals surface area (Å²) >= 11 is 0. The maximum absolute atomic E-state index is 12.0. The maximum Gasteiger partial charge on any atom is 0.387 e. The van der Waals surface area contributed by atoms with E-state index in [0.29, 0.717) is 11.1 Å². The van der Waals surface area contributed by atoms with Gasteiger partial charge in [0, 0.05) is 0 Å². The van der Waals surface area contributed by atoms with Crippen LogP contribution < -0.4 is 4.74 Å². The molecule has 0 unspecified atom stereocenters. The van der Waals surface area contributed by atoms with Gasteiger partial charge in [-0.25, -0.2) is 4.79 Å². The Hall–Kier alpha value is -1.65. The number of rotatable bonds is 3. The van der Waals surface area contributed by atoms with Crippen molar-refractivity contribution in [3.63, 3.8) is 0 Å². The van der Waals surface area contributed by atoms with Crippen molar-refractivity contribution in [1.29, 1.82) is 0 Å². The smallest absolute Gasteiger partial charge is 0.387 e. The Kier molecular flexibility index (Phi) is 3.24. The fraction of sp³-hybridized carbons (Fsp3) is 0.300. The summed E-state index contributed by atoms with van der Waals surface area (Å²) < 4.78 is 28.2. The van der Waals surface area contributed by atoms with Crippen LogP contribution in [0.1, 0.15) is 21.5 Å². The molecule has 0 heterocycles. The molecule has 1 aromatic carbocycles. The number of carboxylic acids is 1. The number of carbonyl (C=O) groups is 1. The van der Waals surface area contributed by atoms with E-state index in [4.69, 9.17) is 5.11 Å². The summed E-state index contributed by atoms with van der Waals surface area (Å²) in [5.41, 5.74) is 1.06. The normalized spacial score (nSPS) is 10.5. The largest absolute Gasteiger partial charge is 0.478 e. The summed E-state index contributed by atoms with van der Waals surface area (Å²) in [5.74, 6) is -1.26. The highest BCUT2D eigenvalue weighted by molar-refractivity contribution is 5.88. The predicted molar refractivity (Wildman–Crippen MR) is 49.5 cm³/mol. The molecule has 0 radical (unpaired) electrons. The molecule has 0 aliphatic rings. The van der Waals surface area contributed by atoms with E-state index in [2.05, 4.69) is 4.74 Å². The lowest BCUT2D eigenvalue weighted by Crippen LogP contribution is -2.06. The number of hydrogen-bond acceptors (Lipinski definition) is 2. The van der Waals surface area contributed by atoms with Crippen molar-refractivity contribution in [1.82, 2.24) is 0 Å². The number of benzene rings is 1. The van der Waals surface area contributed by atoms with Gasteiger partial charge in [0.25, 0.3) is 0 Å². The molecule has 0 bridgehead atoms. The molecule has 1 N–H and O–H groups in total. The van der Waals surface area contributed by atoms with Crippen LogP contribution in [0.4, 0.5) is 8.78 Å². The van der Waals surface area contributed by atoms with Crippen LogP contribution in [0.5, 0.6) is 5.75 Å². The molecule has 1 rings (SSSR count). The molecule has 0 aliphatic carbocycles. The molecule has 0 atom stereocenters. The number of alkyl halides is 2. The second kappa shape index (κ2) is 4.25. The lowest BCUT2D eigenvalue weighted by molar-refractivity contribution is -0.0503. The Morgan fingerprint density at radius 3 is 2.47 bits per heavy atom. The topological polar surface area (TPSA) is 46.5 Å². The lowest BCUT2D eigenvalue weighted by Gasteiger charge is -2.11. The number of halogens is 2. The first kappa shape index (κ1) is 11.4. The van der Waals surface area contributed by atoms with Crippen LogP contribution in [0.25, 0.3) is 0 Å². The number of carboxylic acid groups (broad SMARTS) is 1. The molecule has 15 heavy (non-hydrogen) atoms. The molecule has 0 spiro atoms. The van der Waals surface area contributed by atoms with E-state index >= 15 is 0 Å². The van der Waals surface area contributed by atoms with E-state index in [0.717, 1.165) is 6.07 Å². The third-order valence-electron chi connectivity index (χ3n) is 2.08. The van der Waals surface area contributed by atoms with E-state index in [1.165, 1.54) is 6.07 Å². The zero-order valence-corrected chi connectivity index (χ0v) is 8.25. The van der Waals surface area contributed by atoms with Crippen LogP contribution in [0, 0.1) is 13.8 Å². The fourth-order valence-corrected chi connectivity index (χ4v) is 1.17. The quantitative estimate of drug-likeness (QED) is 0.844. The van der Waals surface area contributed by atoms with Crippen molar-refractivity contribution in [2.75, 3.05) is 0 Å². The van der Waals surface area contributed by atoms with Gasteiger partial charge in [0.1, 0.15) is 5.75 Å². The zero-order valence-electron chi connectivity index (χ0n) is 8.25. The van der Waals surface area contributed by atoms with Crippen LogP contribution in [0.3, 0.4) is 0 Å². The molecule has 3 nitrogen and oxygen atoms in total. The standard InChI is InChI=1S/C10H10F2O3/c1-5-3-7(9(13)14)4-8(6(5)2)15-10(11)12/h3-4,10H,1-2H3,(H,13,14). The summed E-state index contributed by atoms with van der Waals surface area (Å²) in [5, 5.41) is 8.72. The summed E-state index contributed by atoms with van der Waals surface area (Å²) in [6, 6.07) is 2.51. The fourth-order valence-electron chi connectivity index (χ4n) is 1.17. The Morgan fingerprint density at radius 1 is 1.40 bits per heavy atom. The number of hydrogen-bond donors (Lipinski definition) is 1. The first-order valence-corrected chi connectivity index (χ1v) is 4.21. The lowest BCUT2D eigenvalue weighted by atomic mass is 10.1. The van der Waals surface area contributed by atoms with Gasteiger partial charge in [0.15, 0.2) is 0 Å². The van der Waals surface area contributed by atoms with Gasteiger partial charge in [-0.1, -0.05) is 0 Å². The molecule has 1 aromatic rings. The second-order valence-corrected chi connectivity index (χ2v) is 3.10. The molecular weight excluding hydrogens is 206 g/mol. The number of ether oxygens (including phenoxy) is 1. The molecular formula is C10H10F2O3. The highest BCUT2D eigenvalue weighted by Gasteiger charge is 2.13. The van der Waals surface area contributed by atoms with Gasteiger partial charge in [0.05, 0.1) is 5.56 Å². The predicted octanol–water partition coefficient (Wildman–Crippen LogP) is 2.60. The molecule has 0 aromatic heterocycles. The van der Waals surface area contributed by atoms with Gasteiger partial charge < -0.3 is 9.84 Å². The molecule has 0 saturated carbocycles. The van der Waals surface area contributed by atoms with Crippen LogP contribution in [0.2, 0.25) is 0 Å². The van der Waals surface area contributed by atoms with Gasteiger partial charge in [-0.2, -0.15) is 8.78 Å². The number of aryl methyl sites for hydroxylation is 1. The van der Waals surface area contributed by atoms with Gasteiger partial charge in [0.2, 0.25) is 0 Å². The minimum atomic E-state index is -2.95. The van der Waals surface area contributed by atoms with Crippen molar-refractivity contribution >= 4 is 5.97 Å². The van der Waals surface area contributed by atoms with E-state index < -0.39 is 12.6 Å². The van der Waals surface area contributed by atoms with E-state index in [1.807, 2.05) is 0 Å². The Labute approximate surface area is 85.3 Å². The minimum Gasteiger partial charge on any atom is -0.478 e. The Balaban J connectivity index is 3.19. The zero-order chi connectivity index (χ0) is 11.6. The monoisotopic (exact) mass is 216 g/mol. The van der Waals surface area contributed by atoms with Crippen molar-refractivity contribution in [2.45, 2.75) is 20.5 Å². The molecule has 0 saturated heterocycles. The van der Waals surface area contributed by atoms with Crippen LogP contribution >= 0.6 is 0 Å². The summed E-state index contributed by atoms with van der Waals surface area (Å²) in [4.78, 5) is 10.7. The summed E-state index contributed by atoms with van der Waals surface area (Å²) in [6.45, 7) is 0.283. The van der Waals surface area contributed by atoms with E-state index in [-0.39, 0.29) is 11.3 Å². The van der Waals surface area contributed by atoms with Crippen molar-refractivity contribution in [2.24, 2.45) is 0 Å². The van der Waals surface area contributed by atoms with Gasteiger partial charge >= 0.3 is 12.6 Å². The molecule has 0 amide bonds. The number of aromatic carboxylic acids is 1. The van der Waals surface area contributed by atoms with Crippen molar-refractivity contribution < 1.29 is 23.4 Å². The maximum atomic E-state index is 12.0. The van der Waals surface area contributed by atoms with Crippen molar-refractivity contribution in [3.05, 3.63) is 28.8 Å². The average molecular weight is 216 g/mol. The van der Waals surface area contributed by atoms with E-state index in [1.54, 1.807) is 13.8 Å². The van der Waals surface area contributed by atoms with Gasteiger partial charge in [-0.05, 0) is 37.1 Å². The highest BCUT2D eigenvalue weighted by Crippen LogP contribution is 2.25. The highest BCUT2D eigenvalue weighted by atomic mass is 19.3. The first-order valence-electron chi connectivity index (χ1n) is 4.21. The average Bonchev–Trinajstić information content (AvgIpc) is 2.11. The second-order valence-electron chi connectivity index (χ2n) is 3.10. The molecule has 5 heteroatoms. The van der Waals surface area contributed by atoms with Crippen molar-refractivity contribution in [3.8, 4) is 5.75 Å². The molecule has 82 valence electrons. The van der Waals surface area contributed by atoms with Gasteiger partial charge in [-0.15, -0.1) is 0 Å². The van der Waals surface area contributed by atoms with Crippen LogP contribution in [-0.4, -0.2) is 17.7 Å². The first-order chi connectivity index (χ1) is 6.91. The summed E-state index contributed by atoms with van der Waals surface area (Å²) in [6.07, 6.45) is 0.